The zero-order valence-electron chi connectivity index (χ0n) is 12.9. The lowest BCUT2D eigenvalue weighted by Crippen LogP contribution is -2.38. The number of halogens is 1. The number of rotatable bonds is 7. The first-order valence-corrected chi connectivity index (χ1v) is 8.14. The normalized spacial score (nSPS) is 14.6. The van der Waals surface area contributed by atoms with Crippen molar-refractivity contribution in [1.82, 2.24) is 5.32 Å². The van der Waals surface area contributed by atoms with Crippen molar-refractivity contribution < 1.29 is 14.5 Å². The molecule has 7 nitrogen and oxygen atoms in total. The van der Waals surface area contributed by atoms with Crippen molar-refractivity contribution >= 4 is 35.8 Å². The van der Waals surface area contributed by atoms with Gasteiger partial charge >= 0.3 is 0 Å². The number of nitro benzene ring substituents is 1. The molecule has 0 spiro atoms. The number of nitrogens with one attached hydrogen (secondary N) is 1. The second-order valence-electron chi connectivity index (χ2n) is 5.19. The molecule has 1 aliphatic carbocycles. The smallest absolute Gasteiger partial charge is 0.285 e. The Labute approximate surface area is 144 Å². The number of thioether (sulfide) groups is 1. The molecule has 3 N–H and O–H groups in total. The van der Waals surface area contributed by atoms with Gasteiger partial charge in [0.05, 0.1) is 23.0 Å². The summed E-state index contributed by atoms with van der Waals surface area (Å²) < 4.78 is 5.12. The van der Waals surface area contributed by atoms with Gasteiger partial charge in [0.15, 0.2) is 0 Å². The van der Waals surface area contributed by atoms with Crippen LogP contribution in [0.15, 0.2) is 17.0 Å². The van der Waals surface area contributed by atoms with Crippen LogP contribution < -0.4 is 15.8 Å². The number of amides is 1. The summed E-state index contributed by atoms with van der Waals surface area (Å²) in [4.78, 5) is 23.5. The predicted molar refractivity (Wildman–Crippen MR) is 91.7 cm³/mol. The number of methoxy groups -OCH3 is 1. The Balaban J connectivity index is 0.00000264. The number of ether oxygens (including phenoxy) is 1. The summed E-state index contributed by atoms with van der Waals surface area (Å²) in [6.45, 7) is 0.321. The molecule has 0 saturated heterocycles. The third-order valence-electron chi connectivity index (χ3n) is 3.67. The standard InChI is InChI=1S/C14H19N3O4S.ClH/c1-21-12-6-11(17(19)20)9(5-13(12)22-2)14(18)16-7-10(15)8-3-4-8;/h5-6,8,10H,3-4,7,15H2,1-2H3,(H,16,18);1H. The summed E-state index contributed by atoms with van der Waals surface area (Å²) in [5, 5.41) is 13.9. The van der Waals surface area contributed by atoms with E-state index >= 15 is 0 Å². The first-order chi connectivity index (χ1) is 10.5. The summed E-state index contributed by atoms with van der Waals surface area (Å²) in [7, 11) is 1.44. The van der Waals surface area contributed by atoms with Crippen LogP contribution in [-0.2, 0) is 0 Å². The molecule has 1 atom stereocenters. The van der Waals surface area contributed by atoms with E-state index in [1.54, 1.807) is 0 Å². The number of nitro groups is 1. The lowest BCUT2D eigenvalue weighted by atomic mass is 10.1. The van der Waals surface area contributed by atoms with Crippen LogP contribution in [0.3, 0.4) is 0 Å². The third kappa shape index (κ3) is 4.73. The maximum absolute atomic E-state index is 12.3. The van der Waals surface area contributed by atoms with Crippen LogP contribution >= 0.6 is 24.2 Å². The van der Waals surface area contributed by atoms with E-state index in [1.165, 1.54) is 31.0 Å². The quantitative estimate of drug-likeness (QED) is 0.438. The van der Waals surface area contributed by atoms with Crippen molar-refractivity contribution in [3.05, 3.63) is 27.8 Å². The summed E-state index contributed by atoms with van der Waals surface area (Å²) in [5.41, 5.74) is 5.69. The molecule has 0 aliphatic heterocycles. The van der Waals surface area contributed by atoms with Gasteiger partial charge in [-0.2, -0.15) is 0 Å². The van der Waals surface area contributed by atoms with E-state index in [4.69, 9.17) is 10.5 Å². The number of benzene rings is 1. The summed E-state index contributed by atoms with van der Waals surface area (Å²) in [6, 6.07) is 2.67. The van der Waals surface area contributed by atoms with E-state index in [0.717, 1.165) is 12.8 Å². The van der Waals surface area contributed by atoms with Gasteiger partial charge in [-0.05, 0) is 31.1 Å². The fraction of sp³-hybridized carbons (Fsp3) is 0.500. The van der Waals surface area contributed by atoms with Gasteiger partial charge in [0.2, 0.25) is 0 Å². The molecule has 1 aromatic rings. The van der Waals surface area contributed by atoms with Crippen LogP contribution in [0.2, 0.25) is 0 Å². The van der Waals surface area contributed by atoms with Crippen molar-refractivity contribution in [1.29, 1.82) is 0 Å². The van der Waals surface area contributed by atoms with Gasteiger partial charge < -0.3 is 15.8 Å². The first-order valence-electron chi connectivity index (χ1n) is 6.92. The van der Waals surface area contributed by atoms with Gasteiger partial charge in [0.1, 0.15) is 11.3 Å². The largest absolute Gasteiger partial charge is 0.495 e. The molecule has 9 heteroatoms. The highest BCUT2D eigenvalue weighted by molar-refractivity contribution is 7.98. The Hall–Kier alpha value is -1.51. The monoisotopic (exact) mass is 361 g/mol. The Kier molecular flexibility index (Phi) is 7.11. The summed E-state index contributed by atoms with van der Waals surface area (Å²) in [6.07, 6.45) is 3.97. The Morgan fingerprint density at radius 1 is 1.57 bits per heavy atom. The van der Waals surface area contributed by atoms with Gasteiger partial charge in [-0.1, -0.05) is 0 Å². The average Bonchev–Trinajstić information content (AvgIpc) is 3.35. The fourth-order valence-electron chi connectivity index (χ4n) is 2.20. The van der Waals surface area contributed by atoms with E-state index < -0.39 is 10.8 Å². The van der Waals surface area contributed by atoms with E-state index in [-0.39, 0.29) is 29.7 Å². The second kappa shape index (κ2) is 8.37. The van der Waals surface area contributed by atoms with Gasteiger partial charge in [0.25, 0.3) is 11.6 Å². The van der Waals surface area contributed by atoms with Gasteiger partial charge in [0, 0.05) is 12.6 Å². The van der Waals surface area contributed by atoms with Gasteiger partial charge in [-0.15, -0.1) is 24.2 Å². The van der Waals surface area contributed by atoms with E-state index in [1.807, 2.05) is 6.26 Å². The van der Waals surface area contributed by atoms with E-state index in [2.05, 4.69) is 5.32 Å². The SMILES string of the molecule is COc1cc([N+](=O)[O-])c(C(=O)NCC(N)C2CC2)cc1SC.Cl. The van der Waals surface area contributed by atoms with Crippen LogP contribution in [-0.4, -0.2) is 36.8 Å². The molecule has 0 bridgehead atoms. The third-order valence-corrected chi connectivity index (χ3v) is 4.43. The van der Waals surface area contributed by atoms with Gasteiger partial charge in [-0.3, -0.25) is 14.9 Å². The molecule has 0 aromatic heterocycles. The van der Waals surface area contributed by atoms with Crippen molar-refractivity contribution in [2.75, 3.05) is 19.9 Å². The molecule has 1 unspecified atom stereocenters. The van der Waals surface area contributed by atoms with Crippen LogP contribution in [0, 0.1) is 16.0 Å². The van der Waals surface area contributed by atoms with Crippen molar-refractivity contribution in [3.63, 3.8) is 0 Å². The lowest BCUT2D eigenvalue weighted by Gasteiger charge is -2.13. The number of hydrogen-bond acceptors (Lipinski definition) is 6. The molecule has 1 saturated carbocycles. The number of carbonyl (C=O) groups excluding carboxylic acids is 1. The first kappa shape index (κ1) is 19.5. The minimum absolute atomic E-state index is 0. The second-order valence-corrected chi connectivity index (χ2v) is 6.04. The van der Waals surface area contributed by atoms with Crippen molar-refractivity contribution in [3.8, 4) is 5.75 Å². The van der Waals surface area contributed by atoms with Crippen molar-refractivity contribution in [2.24, 2.45) is 11.7 Å². The van der Waals surface area contributed by atoms with Crippen LogP contribution in [0.25, 0.3) is 0 Å². The lowest BCUT2D eigenvalue weighted by molar-refractivity contribution is -0.385. The number of nitrogens with zero attached hydrogens (tertiary/aromatic N) is 1. The topological polar surface area (TPSA) is 107 Å². The molecule has 1 aliphatic rings. The molecule has 23 heavy (non-hydrogen) atoms. The van der Waals surface area contributed by atoms with Gasteiger partial charge in [-0.25, -0.2) is 0 Å². The molecule has 1 amide bonds. The Bertz CT molecular complexity index is 596. The molecular weight excluding hydrogens is 342 g/mol. The van der Waals surface area contributed by atoms with E-state index in [0.29, 0.717) is 23.1 Å². The van der Waals surface area contributed by atoms with Crippen LogP contribution in [0.1, 0.15) is 23.2 Å². The minimum Gasteiger partial charge on any atom is -0.495 e. The number of nitrogens with two attached hydrogens (primary N) is 1. The minimum atomic E-state index is -0.581. The number of carbonyl (C=O) groups is 1. The highest BCUT2D eigenvalue weighted by Crippen LogP contribution is 2.34. The molecule has 128 valence electrons. The van der Waals surface area contributed by atoms with Crippen molar-refractivity contribution in [2.45, 2.75) is 23.8 Å². The maximum Gasteiger partial charge on any atom is 0.285 e. The molecule has 1 fully saturated rings. The molecule has 2 rings (SSSR count). The highest BCUT2D eigenvalue weighted by Gasteiger charge is 2.29. The summed E-state index contributed by atoms with van der Waals surface area (Å²) >= 11 is 1.36. The highest BCUT2D eigenvalue weighted by atomic mass is 35.5. The van der Waals surface area contributed by atoms with Crippen LogP contribution in [0.5, 0.6) is 5.75 Å². The maximum atomic E-state index is 12.3. The summed E-state index contributed by atoms with van der Waals surface area (Å²) in [5.74, 6) is 0.346. The Morgan fingerprint density at radius 3 is 2.70 bits per heavy atom. The molecule has 0 heterocycles. The van der Waals surface area contributed by atoms with E-state index in [9.17, 15) is 14.9 Å². The Morgan fingerprint density at radius 2 is 2.22 bits per heavy atom. The number of hydrogen-bond donors (Lipinski definition) is 2. The molecule has 1 aromatic carbocycles. The molecular formula is C14H20ClN3O4S. The average molecular weight is 362 g/mol. The predicted octanol–water partition coefficient (Wildman–Crippen LogP) is 2.21. The zero-order valence-corrected chi connectivity index (χ0v) is 14.5. The fourth-order valence-corrected chi connectivity index (χ4v) is 2.78. The zero-order chi connectivity index (χ0) is 16.3. The van der Waals surface area contributed by atoms with Crippen LogP contribution in [0.4, 0.5) is 5.69 Å². The molecule has 0 radical (unpaired) electrons.